The molecular weight excluding hydrogens is 338 g/mol. The molecule has 2 aromatic heterocycles. The Morgan fingerprint density at radius 1 is 1.32 bits per heavy atom. The number of rotatable bonds is 8. The summed E-state index contributed by atoms with van der Waals surface area (Å²) in [5, 5.41) is 17.6. The molecule has 0 spiro atoms. The highest BCUT2D eigenvalue weighted by molar-refractivity contribution is 7.99. The van der Waals surface area contributed by atoms with Gasteiger partial charge in [0.1, 0.15) is 18.2 Å². The molecule has 1 unspecified atom stereocenters. The van der Waals surface area contributed by atoms with E-state index in [4.69, 9.17) is 0 Å². The number of benzene rings is 1. The third kappa shape index (κ3) is 3.90. The van der Waals surface area contributed by atoms with Gasteiger partial charge in [-0.3, -0.25) is 0 Å². The number of aromatic nitrogens is 4. The molecule has 0 bridgehead atoms. The Balaban J connectivity index is 1.89. The van der Waals surface area contributed by atoms with Crippen LogP contribution in [0, 0.1) is 0 Å². The number of nitrogens with one attached hydrogen (secondary N) is 1. The highest BCUT2D eigenvalue weighted by atomic mass is 32.2. The number of carboxylic acids is 1. The van der Waals surface area contributed by atoms with Gasteiger partial charge in [-0.15, -0.1) is 0 Å². The fourth-order valence-corrected chi connectivity index (χ4v) is 3.18. The number of thioether (sulfide) groups is 1. The molecule has 0 saturated heterocycles. The molecule has 3 aromatic rings. The molecule has 3 rings (SSSR count). The monoisotopic (exact) mass is 357 g/mol. The van der Waals surface area contributed by atoms with Crippen molar-refractivity contribution in [1.29, 1.82) is 0 Å². The van der Waals surface area contributed by atoms with Gasteiger partial charge in [0, 0.05) is 0 Å². The minimum Gasteiger partial charge on any atom is -0.480 e. The van der Waals surface area contributed by atoms with Crippen molar-refractivity contribution < 1.29 is 9.90 Å². The summed E-state index contributed by atoms with van der Waals surface area (Å²) in [4.78, 5) is 20.0. The molecule has 1 aromatic carbocycles. The largest absolute Gasteiger partial charge is 0.480 e. The van der Waals surface area contributed by atoms with Gasteiger partial charge in [-0.2, -0.15) is 16.9 Å². The smallest absolute Gasteiger partial charge is 0.326 e. The highest BCUT2D eigenvalue weighted by Crippen LogP contribution is 2.22. The van der Waals surface area contributed by atoms with Gasteiger partial charge in [-0.1, -0.05) is 25.1 Å². The van der Waals surface area contributed by atoms with Crippen LogP contribution in [0.4, 0.5) is 5.82 Å². The maximum atomic E-state index is 11.5. The van der Waals surface area contributed by atoms with Crippen molar-refractivity contribution >= 4 is 34.6 Å². The van der Waals surface area contributed by atoms with Gasteiger partial charge >= 0.3 is 5.97 Å². The van der Waals surface area contributed by atoms with Crippen LogP contribution in [0.15, 0.2) is 42.9 Å². The van der Waals surface area contributed by atoms with Crippen LogP contribution < -0.4 is 5.32 Å². The van der Waals surface area contributed by atoms with E-state index in [2.05, 4.69) is 27.3 Å². The van der Waals surface area contributed by atoms with Crippen molar-refractivity contribution in [3.63, 3.8) is 0 Å². The lowest BCUT2D eigenvalue weighted by Crippen LogP contribution is -2.30. The number of anilines is 1. The third-order valence-electron chi connectivity index (χ3n) is 3.73. The number of hydrogen-bond donors (Lipinski definition) is 2. The molecule has 0 radical (unpaired) electrons. The zero-order chi connectivity index (χ0) is 17.6. The third-order valence-corrected chi connectivity index (χ3v) is 4.66. The number of carboxylic acid groups (broad SMARTS) is 1. The lowest BCUT2D eigenvalue weighted by Gasteiger charge is -2.15. The van der Waals surface area contributed by atoms with Crippen LogP contribution in [-0.4, -0.2) is 48.4 Å². The molecule has 0 aliphatic heterocycles. The minimum absolute atomic E-state index is 0.487. The van der Waals surface area contributed by atoms with Crippen molar-refractivity contribution in [1.82, 2.24) is 19.7 Å². The van der Waals surface area contributed by atoms with E-state index >= 15 is 0 Å². The summed E-state index contributed by atoms with van der Waals surface area (Å²) in [5.41, 5.74) is 1.52. The van der Waals surface area contributed by atoms with Crippen molar-refractivity contribution in [3.8, 4) is 5.69 Å². The molecule has 2 heterocycles. The molecule has 130 valence electrons. The molecule has 0 fully saturated rings. The standard InChI is InChI=1S/C17H19N5O2S/c1-2-25-9-8-14(17(23)24)21-15-13-10-20-22(16(13)19-11-18-15)12-6-4-3-5-7-12/h3-7,10-11,14H,2,8-9H2,1H3,(H,23,24)(H,18,19,21). The van der Waals surface area contributed by atoms with Gasteiger partial charge in [-0.25, -0.2) is 19.4 Å². The first kappa shape index (κ1) is 17.2. The van der Waals surface area contributed by atoms with Crippen molar-refractivity contribution in [3.05, 3.63) is 42.9 Å². The maximum Gasteiger partial charge on any atom is 0.326 e. The van der Waals surface area contributed by atoms with E-state index in [1.54, 1.807) is 22.6 Å². The molecule has 0 aliphatic rings. The fourth-order valence-electron chi connectivity index (χ4n) is 2.49. The van der Waals surface area contributed by atoms with Crippen LogP contribution in [0.5, 0.6) is 0 Å². The number of para-hydroxylation sites is 1. The van der Waals surface area contributed by atoms with Gasteiger partial charge in [0.05, 0.1) is 17.3 Å². The summed E-state index contributed by atoms with van der Waals surface area (Å²) < 4.78 is 1.71. The fraction of sp³-hybridized carbons (Fsp3) is 0.294. The average Bonchev–Trinajstić information content (AvgIpc) is 3.06. The van der Waals surface area contributed by atoms with Gasteiger partial charge in [0.2, 0.25) is 0 Å². The maximum absolute atomic E-state index is 11.5. The van der Waals surface area contributed by atoms with Gasteiger partial charge in [0.15, 0.2) is 5.65 Å². The number of aliphatic carboxylic acids is 1. The predicted octanol–water partition coefficient (Wildman–Crippen LogP) is 2.82. The van der Waals surface area contributed by atoms with E-state index in [0.29, 0.717) is 23.3 Å². The second-order valence-electron chi connectivity index (χ2n) is 5.37. The first-order valence-corrected chi connectivity index (χ1v) is 9.17. The van der Waals surface area contributed by atoms with Crippen LogP contribution in [0.2, 0.25) is 0 Å². The van der Waals surface area contributed by atoms with E-state index in [-0.39, 0.29) is 0 Å². The quantitative estimate of drug-likeness (QED) is 0.599. The van der Waals surface area contributed by atoms with E-state index < -0.39 is 12.0 Å². The van der Waals surface area contributed by atoms with E-state index in [0.717, 1.165) is 17.2 Å². The summed E-state index contributed by atoms with van der Waals surface area (Å²) in [6, 6.07) is 8.96. The summed E-state index contributed by atoms with van der Waals surface area (Å²) >= 11 is 1.72. The summed E-state index contributed by atoms with van der Waals surface area (Å²) in [7, 11) is 0. The lowest BCUT2D eigenvalue weighted by atomic mass is 10.2. The van der Waals surface area contributed by atoms with E-state index in [1.165, 1.54) is 6.33 Å². The number of carbonyl (C=O) groups is 1. The second kappa shape index (κ2) is 7.98. The number of hydrogen-bond acceptors (Lipinski definition) is 6. The van der Waals surface area contributed by atoms with Crippen LogP contribution >= 0.6 is 11.8 Å². The zero-order valence-corrected chi connectivity index (χ0v) is 14.6. The SMILES string of the molecule is CCSCCC(Nc1ncnc2c1cnn2-c1ccccc1)C(=O)O. The molecule has 1 atom stereocenters. The Hall–Kier alpha value is -2.61. The molecule has 25 heavy (non-hydrogen) atoms. The van der Waals surface area contributed by atoms with Crippen LogP contribution in [0.25, 0.3) is 16.7 Å². The summed E-state index contributed by atoms with van der Waals surface area (Å²) in [6.45, 7) is 2.06. The number of nitrogens with zero attached hydrogens (tertiary/aromatic N) is 4. The Bertz CT molecular complexity index is 853. The van der Waals surface area contributed by atoms with Gasteiger partial charge in [-0.05, 0) is 30.1 Å². The van der Waals surface area contributed by atoms with Crippen LogP contribution in [0.3, 0.4) is 0 Å². The highest BCUT2D eigenvalue weighted by Gasteiger charge is 2.20. The molecule has 2 N–H and O–H groups in total. The minimum atomic E-state index is -0.890. The molecule has 0 amide bonds. The van der Waals surface area contributed by atoms with E-state index in [1.807, 2.05) is 30.3 Å². The van der Waals surface area contributed by atoms with Crippen molar-refractivity contribution in [2.75, 3.05) is 16.8 Å². The average molecular weight is 357 g/mol. The Morgan fingerprint density at radius 3 is 2.84 bits per heavy atom. The summed E-state index contributed by atoms with van der Waals surface area (Å²) in [5.74, 6) is 1.34. The molecular formula is C17H19N5O2S. The summed E-state index contributed by atoms with van der Waals surface area (Å²) in [6.07, 6.45) is 3.60. The molecule has 7 nitrogen and oxygen atoms in total. The topological polar surface area (TPSA) is 92.9 Å². The Kier molecular flexibility index (Phi) is 5.49. The molecule has 0 aliphatic carbocycles. The lowest BCUT2D eigenvalue weighted by molar-refractivity contribution is -0.137. The number of fused-ring (bicyclic) bond motifs is 1. The van der Waals surface area contributed by atoms with Crippen molar-refractivity contribution in [2.45, 2.75) is 19.4 Å². The first-order chi connectivity index (χ1) is 12.2. The van der Waals surface area contributed by atoms with Crippen molar-refractivity contribution in [2.24, 2.45) is 0 Å². The Labute approximate surface area is 149 Å². The molecule has 8 heteroatoms. The predicted molar refractivity (Wildman–Crippen MR) is 99.3 cm³/mol. The molecule has 0 saturated carbocycles. The zero-order valence-electron chi connectivity index (χ0n) is 13.8. The first-order valence-electron chi connectivity index (χ1n) is 8.02. The van der Waals surface area contributed by atoms with Gasteiger partial charge in [0.25, 0.3) is 0 Å². The van der Waals surface area contributed by atoms with Gasteiger partial charge < -0.3 is 10.4 Å². The van der Waals surface area contributed by atoms with Crippen LogP contribution in [0.1, 0.15) is 13.3 Å². The van der Waals surface area contributed by atoms with E-state index in [9.17, 15) is 9.90 Å². The second-order valence-corrected chi connectivity index (χ2v) is 6.77. The Morgan fingerprint density at radius 2 is 2.12 bits per heavy atom. The van der Waals surface area contributed by atoms with Crippen LogP contribution in [-0.2, 0) is 4.79 Å². The normalized spacial score (nSPS) is 12.2.